The van der Waals surface area contributed by atoms with E-state index in [4.69, 9.17) is 14.6 Å². The van der Waals surface area contributed by atoms with Crippen LogP contribution in [0.4, 0.5) is 0 Å². The van der Waals surface area contributed by atoms with Crippen molar-refractivity contribution in [2.75, 3.05) is 13.2 Å². The van der Waals surface area contributed by atoms with Gasteiger partial charge in [0.25, 0.3) is 0 Å². The molecule has 0 aromatic carbocycles. The van der Waals surface area contributed by atoms with Gasteiger partial charge in [-0.05, 0) is 46.0 Å². The third-order valence-electron chi connectivity index (χ3n) is 3.71. The molecular weight excluding hydrogens is 272 g/mol. The lowest BCUT2D eigenvalue weighted by molar-refractivity contribution is -0.151. The van der Waals surface area contributed by atoms with Gasteiger partial charge in [0.05, 0.1) is 5.60 Å². The normalized spacial score (nSPS) is 22.3. The van der Waals surface area contributed by atoms with Crippen LogP contribution in [-0.2, 0) is 19.1 Å². The van der Waals surface area contributed by atoms with Gasteiger partial charge in [0.15, 0.2) is 0 Å². The molecule has 0 aromatic rings. The van der Waals surface area contributed by atoms with Crippen molar-refractivity contribution in [1.82, 2.24) is 0 Å². The molecule has 1 aliphatic heterocycles. The third-order valence-corrected chi connectivity index (χ3v) is 3.71. The van der Waals surface area contributed by atoms with Crippen LogP contribution in [0.2, 0.25) is 0 Å². The molecule has 1 atom stereocenters. The molecule has 120 valence electrons. The van der Waals surface area contributed by atoms with Crippen LogP contribution >= 0.6 is 0 Å². The quantitative estimate of drug-likeness (QED) is 0.402. The highest BCUT2D eigenvalue weighted by atomic mass is 16.6. The van der Waals surface area contributed by atoms with Crippen LogP contribution in [0.3, 0.4) is 0 Å². The first-order valence-corrected chi connectivity index (χ1v) is 7.63. The molecule has 1 unspecified atom stereocenters. The summed E-state index contributed by atoms with van der Waals surface area (Å²) >= 11 is 0. The van der Waals surface area contributed by atoms with E-state index in [0.29, 0.717) is 18.6 Å². The Hall–Kier alpha value is -1.36. The number of carbonyl (C=O) groups is 2. The Morgan fingerprint density at radius 3 is 2.71 bits per heavy atom. The molecule has 5 nitrogen and oxygen atoms in total. The van der Waals surface area contributed by atoms with Crippen LogP contribution in [0.1, 0.15) is 58.8 Å². The van der Waals surface area contributed by atoms with Crippen LogP contribution in [0, 0.1) is 0 Å². The molecule has 1 fully saturated rings. The van der Waals surface area contributed by atoms with Crippen molar-refractivity contribution < 1.29 is 24.2 Å². The second-order valence-electron chi connectivity index (χ2n) is 5.85. The summed E-state index contributed by atoms with van der Waals surface area (Å²) in [4.78, 5) is 22.2. The Morgan fingerprint density at radius 1 is 1.33 bits per heavy atom. The second kappa shape index (κ2) is 8.82. The lowest BCUT2D eigenvalue weighted by Crippen LogP contribution is -2.31. The van der Waals surface area contributed by atoms with Gasteiger partial charge >= 0.3 is 11.9 Å². The fourth-order valence-corrected chi connectivity index (χ4v) is 2.25. The molecule has 0 aromatic heterocycles. The molecule has 0 spiro atoms. The SMILES string of the molecule is CC(=CCCCCCC(=O)OCC1(C)CCCO1)C(=O)O. The minimum atomic E-state index is -0.874. The lowest BCUT2D eigenvalue weighted by Gasteiger charge is -2.22. The Balaban J connectivity index is 2.03. The maximum Gasteiger partial charge on any atom is 0.330 e. The Kier molecular flexibility index (Phi) is 7.43. The van der Waals surface area contributed by atoms with Gasteiger partial charge in [-0.3, -0.25) is 4.79 Å². The molecule has 1 heterocycles. The zero-order valence-corrected chi connectivity index (χ0v) is 13.0. The Bertz CT molecular complexity index is 380. The minimum absolute atomic E-state index is 0.177. The fourth-order valence-electron chi connectivity index (χ4n) is 2.25. The summed E-state index contributed by atoms with van der Waals surface area (Å²) in [6.45, 7) is 4.65. The number of unbranched alkanes of at least 4 members (excludes halogenated alkanes) is 3. The summed E-state index contributed by atoms with van der Waals surface area (Å²) in [6.07, 6.45) is 7.39. The number of carbonyl (C=O) groups excluding carboxylic acids is 1. The van der Waals surface area contributed by atoms with E-state index in [0.717, 1.165) is 45.1 Å². The van der Waals surface area contributed by atoms with Gasteiger partial charge in [0.1, 0.15) is 6.61 Å². The number of ether oxygens (including phenoxy) is 2. The Morgan fingerprint density at radius 2 is 2.10 bits per heavy atom. The largest absolute Gasteiger partial charge is 0.478 e. The highest BCUT2D eigenvalue weighted by molar-refractivity contribution is 5.85. The average molecular weight is 298 g/mol. The van der Waals surface area contributed by atoms with Gasteiger partial charge in [-0.2, -0.15) is 0 Å². The Labute approximate surface area is 126 Å². The van der Waals surface area contributed by atoms with Gasteiger partial charge in [0.2, 0.25) is 0 Å². The number of hydrogen-bond donors (Lipinski definition) is 1. The van der Waals surface area contributed by atoms with E-state index in [1.54, 1.807) is 13.0 Å². The van der Waals surface area contributed by atoms with E-state index >= 15 is 0 Å². The van der Waals surface area contributed by atoms with E-state index in [9.17, 15) is 9.59 Å². The van der Waals surface area contributed by atoms with Crippen LogP contribution in [0.5, 0.6) is 0 Å². The van der Waals surface area contributed by atoms with Crippen molar-refractivity contribution in [1.29, 1.82) is 0 Å². The van der Waals surface area contributed by atoms with Crippen molar-refractivity contribution in [3.8, 4) is 0 Å². The van der Waals surface area contributed by atoms with Crippen LogP contribution in [0.25, 0.3) is 0 Å². The molecule has 1 rings (SSSR count). The molecule has 0 aliphatic carbocycles. The number of hydrogen-bond acceptors (Lipinski definition) is 4. The van der Waals surface area contributed by atoms with Gasteiger partial charge in [0, 0.05) is 18.6 Å². The monoisotopic (exact) mass is 298 g/mol. The third kappa shape index (κ3) is 7.27. The molecule has 0 radical (unpaired) electrons. The van der Waals surface area contributed by atoms with Gasteiger partial charge in [-0.1, -0.05) is 12.5 Å². The summed E-state index contributed by atoms with van der Waals surface area (Å²) in [7, 11) is 0. The lowest BCUT2D eigenvalue weighted by atomic mass is 10.0. The number of aliphatic carboxylic acids is 1. The average Bonchev–Trinajstić information content (AvgIpc) is 2.87. The first kappa shape index (κ1) is 17.7. The zero-order valence-electron chi connectivity index (χ0n) is 13.0. The number of rotatable bonds is 9. The number of carboxylic acid groups (broad SMARTS) is 1. The predicted molar refractivity (Wildman–Crippen MR) is 79.0 cm³/mol. The summed E-state index contributed by atoms with van der Waals surface area (Å²) in [5.74, 6) is -1.05. The van der Waals surface area contributed by atoms with Crippen LogP contribution in [-0.4, -0.2) is 35.9 Å². The summed E-state index contributed by atoms with van der Waals surface area (Å²) in [6, 6.07) is 0. The number of carboxylic acids is 1. The molecular formula is C16H26O5. The molecule has 0 bridgehead atoms. The first-order valence-electron chi connectivity index (χ1n) is 7.63. The van der Waals surface area contributed by atoms with Crippen molar-refractivity contribution >= 4 is 11.9 Å². The molecule has 0 saturated carbocycles. The summed E-state index contributed by atoms with van der Waals surface area (Å²) in [5, 5.41) is 8.69. The highest BCUT2D eigenvalue weighted by Crippen LogP contribution is 2.25. The van der Waals surface area contributed by atoms with E-state index in [1.807, 2.05) is 6.92 Å². The van der Waals surface area contributed by atoms with Gasteiger partial charge in [-0.25, -0.2) is 4.79 Å². The van der Waals surface area contributed by atoms with E-state index in [-0.39, 0.29) is 11.6 Å². The number of esters is 1. The maximum absolute atomic E-state index is 11.6. The topological polar surface area (TPSA) is 72.8 Å². The fraction of sp³-hybridized carbons (Fsp3) is 0.750. The molecule has 0 amide bonds. The highest BCUT2D eigenvalue weighted by Gasteiger charge is 2.31. The summed E-state index contributed by atoms with van der Waals surface area (Å²) in [5.41, 5.74) is 0.0775. The molecule has 1 N–H and O–H groups in total. The predicted octanol–water partition coefficient (Wildman–Crippen LogP) is 3.08. The van der Waals surface area contributed by atoms with E-state index < -0.39 is 5.97 Å². The smallest absolute Gasteiger partial charge is 0.330 e. The molecule has 5 heteroatoms. The van der Waals surface area contributed by atoms with Gasteiger partial charge in [-0.15, -0.1) is 0 Å². The van der Waals surface area contributed by atoms with Crippen molar-refractivity contribution in [3.05, 3.63) is 11.6 Å². The zero-order chi connectivity index (χ0) is 15.7. The van der Waals surface area contributed by atoms with E-state index in [1.165, 1.54) is 0 Å². The van der Waals surface area contributed by atoms with E-state index in [2.05, 4.69) is 0 Å². The molecule has 1 aliphatic rings. The van der Waals surface area contributed by atoms with Crippen molar-refractivity contribution in [2.24, 2.45) is 0 Å². The van der Waals surface area contributed by atoms with Crippen molar-refractivity contribution in [2.45, 2.75) is 64.4 Å². The second-order valence-corrected chi connectivity index (χ2v) is 5.85. The number of allylic oxidation sites excluding steroid dienone is 1. The molecule has 1 saturated heterocycles. The minimum Gasteiger partial charge on any atom is -0.478 e. The summed E-state index contributed by atoms with van der Waals surface area (Å²) < 4.78 is 10.8. The van der Waals surface area contributed by atoms with Gasteiger partial charge < -0.3 is 14.6 Å². The van der Waals surface area contributed by atoms with Crippen LogP contribution in [0.15, 0.2) is 11.6 Å². The van der Waals surface area contributed by atoms with Crippen LogP contribution < -0.4 is 0 Å². The first-order chi connectivity index (χ1) is 9.93. The van der Waals surface area contributed by atoms with Crippen molar-refractivity contribution in [3.63, 3.8) is 0 Å². The standard InChI is InChI=1S/C16H26O5/c1-13(15(18)19)8-5-3-4-6-9-14(17)20-12-16(2)10-7-11-21-16/h8H,3-7,9-12H2,1-2H3,(H,18,19). The maximum atomic E-state index is 11.6. The molecule has 21 heavy (non-hydrogen) atoms.